The van der Waals surface area contributed by atoms with Gasteiger partial charge in [-0.05, 0) is 37.4 Å². The Labute approximate surface area is 110 Å². The Morgan fingerprint density at radius 2 is 2.11 bits per heavy atom. The van der Waals surface area contributed by atoms with Crippen LogP contribution in [0, 0.1) is 5.41 Å². The number of hydrogen-bond donors (Lipinski definition) is 1. The molecule has 1 N–H and O–H groups in total. The van der Waals surface area contributed by atoms with Gasteiger partial charge in [0.05, 0.1) is 0 Å². The third-order valence-electron chi connectivity index (χ3n) is 3.67. The number of hydrogen-bond acceptors (Lipinski definition) is 4. The second-order valence-electron chi connectivity index (χ2n) is 5.82. The van der Waals surface area contributed by atoms with E-state index in [9.17, 15) is 0 Å². The normalized spacial score (nSPS) is 24.4. The quantitative estimate of drug-likeness (QED) is 0.867. The van der Waals surface area contributed by atoms with Crippen LogP contribution in [0.3, 0.4) is 0 Å². The van der Waals surface area contributed by atoms with Crippen LogP contribution in [0.1, 0.15) is 32.3 Å². The van der Waals surface area contributed by atoms with Gasteiger partial charge in [-0.25, -0.2) is 9.97 Å². The molecular weight excluding hydrogens is 224 g/mol. The topological polar surface area (TPSA) is 41.1 Å². The highest BCUT2D eigenvalue weighted by molar-refractivity contribution is 5.25. The SMILES string of the molecule is CCCc1cnc(NC[C@]2(C)CCN(C)C2)nc1. The molecule has 2 heterocycles. The highest BCUT2D eigenvalue weighted by atomic mass is 15.2. The first-order valence-electron chi connectivity index (χ1n) is 6.85. The van der Waals surface area contributed by atoms with Crippen molar-refractivity contribution >= 4 is 5.95 Å². The molecule has 0 radical (unpaired) electrons. The van der Waals surface area contributed by atoms with Crippen LogP contribution in [0.2, 0.25) is 0 Å². The number of anilines is 1. The Balaban J connectivity index is 1.86. The molecule has 4 heteroatoms. The van der Waals surface area contributed by atoms with E-state index in [4.69, 9.17) is 0 Å². The molecule has 1 aliphatic heterocycles. The first-order valence-corrected chi connectivity index (χ1v) is 6.85. The van der Waals surface area contributed by atoms with Crippen molar-refractivity contribution in [2.24, 2.45) is 5.41 Å². The van der Waals surface area contributed by atoms with E-state index in [0.717, 1.165) is 31.9 Å². The average Bonchev–Trinajstić information content (AvgIpc) is 2.70. The highest BCUT2D eigenvalue weighted by Crippen LogP contribution is 2.28. The predicted molar refractivity (Wildman–Crippen MR) is 74.7 cm³/mol. The number of rotatable bonds is 5. The minimum Gasteiger partial charge on any atom is -0.354 e. The van der Waals surface area contributed by atoms with Crippen LogP contribution in [0.4, 0.5) is 5.95 Å². The number of aromatic nitrogens is 2. The van der Waals surface area contributed by atoms with Crippen molar-refractivity contribution in [3.05, 3.63) is 18.0 Å². The van der Waals surface area contributed by atoms with Gasteiger partial charge >= 0.3 is 0 Å². The third-order valence-corrected chi connectivity index (χ3v) is 3.67. The van der Waals surface area contributed by atoms with E-state index in [0.29, 0.717) is 5.41 Å². The molecule has 18 heavy (non-hydrogen) atoms. The monoisotopic (exact) mass is 248 g/mol. The van der Waals surface area contributed by atoms with Gasteiger partial charge in [-0.1, -0.05) is 20.3 Å². The zero-order valence-electron chi connectivity index (χ0n) is 11.7. The summed E-state index contributed by atoms with van der Waals surface area (Å²) in [6, 6.07) is 0. The number of nitrogens with zero attached hydrogens (tertiary/aromatic N) is 3. The van der Waals surface area contributed by atoms with Crippen LogP contribution >= 0.6 is 0 Å². The molecular formula is C14H24N4. The lowest BCUT2D eigenvalue weighted by atomic mass is 9.90. The standard InChI is InChI=1S/C14H24N4/c1-4-5-12-8-15-13(16-9-12)17-10-14(2)6-7-18(3)11-14/h8-9H,4-7,10-11H2,1-3H3,(H,15,16,17)/t14-/m0/s1. The highest BCUT2D eigenvalue weighted by Gasteiger charge is 2.31. The molecule has 0 aromatic carbocycles. The van der Waals surface area contributed by atoms with Crippen molar-refractivity contribution in [1.82, 2.24) is 14.9 Å². The predicted octanol–water partition coefficient (Wildman–Crippen LogP) is 2.18. The fraction of sp³-hybridized carbons (Fsp3) is 0.714. The van der Waals surface area contributed by atoms with Gasteiger partial charge in [-0.15, -0.1) is 0 Å². The van der Waals surface area contributed by atoms with Gasteiger partial charge in [0, 0.05) is 25.5 Å². The van der Waals surface area contributed by atoms with Crippen molar-refractivity contribution in [2.75, 3.05) is 32.0 Å². The second-order valence-corrected chi connectivity index (χ2v) is 5.82. The summed E-state index contributed by atoms with van der Waals surface area (Å²) < 4.78 is 0. The largest absolute Gasteiger partial charge is 0.354 e. The molecule has 1 aromatic heterocycles. The van der Waals surface area contributed by atoms with E-state index >= 15 is 0 Å². The Kier molecular flexibility index (Phi) is 4.17. The minimum absolute atomic E-state index is 0.347. The molecule has 100 valence electrons. The Morgan fingerprint density at radius 1 is 1.39 bits per heavy atom. The van der Waals surface area contributed by atoms with Crippen molar-refractivity contribution in [3.63, 3.8) is 0 Å². The third kappa shape index (κ3) is 3.42. The lowest BCUT2D eigenvalue weighted by molar-refractivity contribution is 0.325. The molecule has 1 fully saturated rings. The lowest BCUT2D eigenvalue weighted by Crippen LogP contribution is -2.30. The summed E-state index contributed by atoms with van der Waals surface area (Å²) >= 11 is 0. The van der Waals surface area contributed by atoms with Crippen molar-refractivity contribution in [2.45, 2.75) is 33.1 Å². The molecule has 0 saturated carbocycles. The molecule has 0 amide bonds. The summed E-state index contributed by atoms with van der Waals surface area (Å²) in [6.45, 7) is 7.78. The van der Waals surface area contributed by atoms with E-state index in [-0.39, 0.29) is 0 Å². The molecule has 1 saturated heterocycles. The molecule has 0 aliphatic carbocycles. The lowest BCUT2D eigenvalue weighted by Gasteiger charge is -2.23. The van der Waals surface area contributed by atoms with Gasteiger partial charge in [0.1, 0.15) is 0 Å². The molecule has 2 rings (SSSR count). The zero-order chi connectivity index (χ0) is 13.0. The number of aryl methyl sites for hydroxylation is 1. The van der Waals surface area contributed by atoms with Gasteiger partial charge < -0.3 is 10.2 Å². The molecule has 1 aliphatic rings. The van der Waals surface area contributed by atoms with Crippen LogP contribution in [-0.2, 0) is 6.42 Å². The fourth-order valence-corrected chi connectivity index (χ4v) is 2.57. The second kappa shape index (κ2) is 5.65. The maximum absolute atomic E-state index is 4.37. The van der Waals surface area contributed by atoms with Crippen LogP contribution < -0.4 is 5.32 Å². The molecule has 0 unspecified atom stereocenters. The maximum Gasteiger partial charge on any atom is 0.222 e. The van der Waals surface area contributed by atoms with E-state index in [1.54, 1.807) is 0 Å². The summed E-state index contributed by atoms with van der Waals surface area (Å²) in [5.41, 5.74) is 1.56. The average molecular weight is 248 g/mol. The first kappa shape index (κ1) is 13.3. The van der Waals surface area contributed by atoms with Crippen LogP contribution in [-0.4, -0.2) is 41.5 Å². The van der Waals surface area contributed by atoms with E-state index in [1.165, 1.54) is 18.5 Å². The Bertz CT molecular complexity index is 376. The van der Waals surface area contributed by atoms with Crippen molar-refractivity contribution < 1.29 is 0 Å². The first-order chi connectivity index (χ1) is 8.61. The molecule has 1 atom stereocenters. The number of nitrogens with one attached hydrogen (secondary N) is 1. The Morgan fingerprint density at radius 3 is 2.67 bits per heavy atom. The number of likely N-dealkylation sites (tertiary alicyclic amines) is 1. The van der Waals surface area contributed by atoms with Gasteiger partial charge in [-0.2, -0.15) is 0 Å². The van der Waals surface area contributed by atoms with E-state index < -0.39 is 0 Å². The summed E-state index contributed by atoms with van der Waals surface area (Å²) in [6.07, 6.45) is 7.30. The zero-order valence-corrected chi connectivity index (χ0v) is 11.7. The Hall–Kier alpha value is -1.16. The van der Waals surface area contributed by atoms with Gasteiger partial charge in [0.15, 0.2) is 0 Å². The molecule has 1 aromatic rings. The molecule has 0 spiro atoms. The summed E-state index contributed by atoms with van der Waals surface area (Å²) in [5, 5.41) is 3.37. The van der Waals surface area contributed by atoms with E-state index in [1.807, 2.05) is 12.4 Å². The minimum atomic E-state index is 0.347. The van der Waals surface area contributed by atoms with Crippen LogP contribution in [0.5, 0.6) is 0 Å². The molecule has 4 nitrogen and oxygen atoms in total. The molecule has 0 bridgehead atoms. The van der Waals surface area contributed by atoms with Crippen LogP contribution in [0.15, 0.2) is 12.4 Å². The summed E-state index contributed by atoms with van der Waals surface area (Å²) in [4.78, 5) is 11.1. The van der Waals surface area contributed by atoms with Crippen LogP contribution in [0.25, 0.3) is 0 Å². The van der Waals surface area contributed by atoms with Crippen molar-refractivity contribution in [1.29, 1.82) is 0 Å². The van der Waals surface area contributed by atoms with Crippen molar-refractivity contribution in [3.8, 4) is 0 Å². The summed E-state index contributed by atoms with van der Waals surface area (Å²) in [7, 11) is 2.18. The fourth-order valence-electron chi connectivity index (χ4n) is 2.57. The summed E-state index contributed by atoms with van der Waals surface area (Å²) in [5.74, 6) is 0.755. The van der Waals surface area contributed by atoms with Gasteiger partial charge in [-0.3, -0.25) is 0 Å². The van der Waals surface area contributed by atoms with Gasteiger partial charge in [0.25, 0.3) is 0 Å². The van der Waals surface area contributed by atoms with Gasteiger partial charge in [0.2, 0.25) is 5.95 Å². The maximum atomic E-state index is 4.37. The smallest absolute Gasteiger partial charge is 0.222 e. The van der Waals surface area contributed by atoms with E-state index in [2.05, 4.69) is 41.1 Å².